The number of likely N-dealkylation sites (tertiary alicyclic amines) is 1. The van der Waals surface area contributed by atoms with Crippen molar-refractivity contribution in [2.24, 2.45) is 0 Å². The van der Waals surface area contributed by atoms with Crippen LogP contribution in [-0.2, 0) is 0 Å². The summed E-state index contributed by atoms with van der Waals surface area (Å²) >= 11 is 0. The minimum absolute atomic E-state index is 0.127. The average molecular weight is 450 g/mol. The monoisotopic (exact) mass is 449 g/mol. The number of urea groups is 1. The van der Waals surface area contributed by atoms with Crippen LogP contribution in [0.15, 0.2) is 36.7 Å². The van der Waals surface area contributed by atoms with Gasteiger partial charge in [-0.05, 0) is 62.9 Å². The number of amides is 3. The number of β-amino-alcohol motifs (C(OH)–C–C–N with tert-alkyl or cyclic N) is 1. The predicted octanol–water partition coefficient (Wildman–Crippen LogP) is 3.23. The first kappa shape index (κ1) is 21.3. The fourth-order valence-electron chi connectivity index (χ4n) is 4.07. The zero-order chi connectivity index (χ0) is 23.3. The lowest BCUT2D eigenvalue weighted by Crippen LogP contribution is -2.60. The highest BCUT2D eigenvalue weighted by molar-refractivity contribution is 5.99. The van der Waals surface area contributed by atoms with Crippen molar-refractivity contribution in [3.05, 3.63) is 53.3 Å². The molecule has 3 aromatic rings. The van der Waals surface area contributed by atoms with Crippen LogP contribution in [0.1, 0.15) is 41.3 Å². The van der Waals surface area contributed by atoms with Crippen LogP contribution < -0.4 is 15.4 Å². The topological polar surface area (TPSA) is 108 Å². The highest BCUT2D eigenvalue weighted by atomic mass is 16.5. The zero-order valence-corrected chi connectivity index (χ0v) is 18.8. The maximum absolute atomic E-state index is 13.0. The van der Waals surface area contributed by atoms with E-state index in [1.807, 2.05) is 32.9 Å². The van der Waals surface area contributed by atoms with Crippen molar-refractivity contribution in [1.29, 1.82) is 0 Å². The van der Waals surface area contributed by atoms with Crippen LogP contribution >= 0.6 is 0 Å². The molecule has 172 valence electrons. The van der Waals surface area contributed by atoms with Gasteiger partial charge in [0.15, 0.2) is 5.75 Å². The van der Waals surface area contributed by atoms with E-state index < -0.39 is 6.10 Å². The van der Waals surface area contributed by atoms with Crippen molar-refractivity contribution in [2.45, 2.75) is 51.8 Å². The molecule has 3 N–H and O–H groups in total. The van der Waals surface area contributed by atoms with Gasteiger partial charge < -0.3 is 25.4 Å². The molecule has 3 amide bonds. The van der Waals surface area contributed by atoms with E-state index in [2.05, 4.69) is 15.7 Å². The lowest BCUT2D eigenvalue weighted by atomic mass is 9.99. The lowest BCUT2D eigenvalue weighted by Gasteiger charge is -2.43. The smallest absolute Gasteiger partial charge is 0.319 e. The standard InChI is InChI=1S/C24H27N5O4/c1-13-10-17(6-7-19(13)27-24(32)26-16-4-5-16)33-21-8-9-25-29-11-18(14(2)22(21)29)23(31)28-12-20(30)15(28)3/h6-11,15-16,20,30H,4-5,12H2,1-3H3,(H2,26,27,32)/t15-,20+/m1/s1. The summed E-state index contributed by atoms with van der Waals surface area (Å²) in [4.78, 5) is 26.7. The third-order valence-electron chi connectivity index (χ3n) is 6.40. The molecule has 9 heteroatoms. The van der Waals surface area contributed by atoms with E-state index in [0.717, 1.165) is 29.7 Å². The fraction of sp³-hybridized carbons (Fsp3) is 0.375. The Hall–Kier alpha value is -3.59. The second kappa shape index (κ2) is 8.08. The minimum Gasteiger partial charge on any atom is -0.455 e. The third kappa shape index (κ3) is 4.00. The van der Waals surface area contributed by atoms with Gasteiger partial charge in [0.2, 0.25) is 0 Å². The Kier molecular flexibility index (Phi) is 5.20. The van der Waals surface area contributed by atoms with E-state index in [9.17, 15) is 14.7 Å². The SMILES string of the molecule is Cc1cc(Oc2ccnn3cc(C(=O)N4C[C@H](O)[C@H]4C)c(C)c23)ccc1NC(=O)NC1CC1. The van der Waals surface area contributed by atoms with Crippen LogP contribution in [0.3, 0.4) is 0 Å². The summed E-state index contributed by atoms with van der Waals surface area (Å²) in [7, 11) is 0. The van der Waals surface area contributed by atoms with Gasteiger partial charge >= 0.3 is 6.03 Å². The number of carbonyl (C=O) groups is 2. The second-order valence-corrected chi connectivity index (χ2v) is 8.87. The number of rotatable bonds is 5. The molecule has 3 heterocycles. The molecule has 0 spiro atoms. The predicted molar refractivity (Wildman–Crippen MR) is 123 cm³/mol. The first-order valence-corrected chi connectivity index (χ1v) is 11.1. The quantitative estimate of drug-likeness (QED) is 0.554. The van der Waals surface area contributed by atoms with Crippen LogP contribution in [-0.4, -0.2) is 56.3 Å². The van der Waals surface area contributed by atoms with Crippen LogP contribution in [0, 0.1) is 13.8 Å². The van der Waals surface area contributed by atoms with E-state index in [-0.39, 0.29) is 18.0 Å². The van der Waals surface area contributed by atoms with Gasteiger partial charge in [-0.1, -0.05) is 0 Å². The minimum atomic E-state index is -0.483. The van der Waals surface area contributed by atoms with Crippen LogP contribution in [0.25, 0.3) is 5.52 Å². The first-order chi connectivity index (χ1) is 15.8. The van der Waals surface area contributed by atoms with Gasteiger partial charge in [0, 0.05) is 30.5 Å². The molecular weight excluding hydrogens is 422 g/mol. The van der Waals surface area contributed by atoms with Crippen LogP contribution in [0.5, 0.6) is 11.5 Å². The highest BCUT2D eigenvalue weighted by Gasteiger charge is 2.38. The number of nitrogens with zero attached hydrogens (tertiary/aromatic N) is 3. The van der Waals surface area contributed by atoms with Crippen molar-refractivity contribution < 1.29 is 19.4 Å². The molecule has 0 radical (unpaired) electrons. The van der Waals surface area contributed by atoms with E-state index in [1.165, 1.54) is 0 Å². The summed E-state index contributed by atoms with van der Waals surface area (Å²) < 4.78 is 7.81. The van der Waals surface area contributed by atoms with Crippen molar-refractivity contribution >= 4 is 23.1 Å². The third-order valence-corrected chi connectivity index (χ3v) is 6.40. The molecule has 5 rings (SSSR count). The molecule has 2 atom stereocenters. The number of hydrogen-bond donors (Lipinski definition) is 3. The van der Waals surface area contributed by atoms with E-state index in [4.69, 9.17) is 4.74 Å². The number of benzene rings is 1. The summed E-state index contributed by atoms with van der Waals surface area (Å²) in [5, 5.41) is 19.9. The van der Waals surface area contributed by atoms with Gasteiger partial charge in [0.25, 0.3) is 5.91 Å². The first-order valence-electron chi connectivity index (χ1n) is 11.1. The summed E-state index contributed by atoms with van der Waals surface area (Å²) in [5.74, 6) is 1.06. The molecule has 33 heavy (non-hydrogen) atoms. The number of carbonyl (C=O) groups excluding carboxylic acids is 2. The Morgan fingerprint density at radius 2 is 2.00 bits per heavy atom. The molecule has 1 aliphatic heterocycles. The maximum Gasteiger partial charge on any atom is 0.319 e. The van der Waals surface area contributed by atoms with Crippen molar-refractivity contribution in [3.8, 4) is 11.5 Å². The Morgan fingerprint density at radius 3 is 2.67 bits per heavy atom. The van der Waals surface area contributed by atoms with Gasteiger partial charge in [-0.15, -0.1) is 0 Å². The van der Waals surface area contributed by atoms with E-state index >= 15 is 0 Å². The number of nitrogens with one attached hydrogen (secondary N) is 2. The Labute approximate surface area is 191 Å². The Morgan fingerprint density at radius 1 is 1.21 bits per heavy atom. The normalized spacial score (nSPS) is 19.8. The van der Waals surface area contributed by atoms with Gasteiger partial charge in [-0.25, -0.2) is 9.31 Å². The van der Waals surface area contributed by atoms with Crippen molar-refractivity contribution in [2.75, 3.05) is 11.9 Å². The summed E-state index contributed by atoms with van der Waals surface area (Å²) in [6.07, 6.45) is 4.91. The average Bonchev–Trinajstić information content (AvgIpc) is 3.53. The second-order valence-electron chi connectivity index (χ2n) is 8.87. The molecule has 2 aromatic heterocycles. The fourth-order valence-corrected chi connectivity index (χ4v) is 4.07. The molecule has 0 bridgehead atoms. The number of aliphatic hydroxyl groups is 1. The zero-order valence-electron chi connectivity index (χ0n) is 18.8. The number of hydrogen-bond acceptors (Lipinski definition) is 5. The lowest BCUT2D eigenvalue weighted by molar-refractivity contribution is -0.0357. The number of aryl methyl sites for hydroxylation is 2. The molecule has 2 fully saturated rings. The molecule has 1 aliphatic carbocycles. The molecule has 9 nitrogen and oxygen atoms in total. The Bertz CT molecular complexity index is 1250. The van der Waals surface area contributed by atoms with Gasteiger partial charge in [0.1, 0.15) is 11.3 Å². The molecular formula is C24H27N5O4. The summed E-state index contributed by atoms with van der Waals surface area (Å²) in [6.45, 7) is 5.94. The highest BCUT2D eigenvalue weighted by Crippen LogP contribution is 2.33. The van der Waals surface area contributed by atoms with Gasteiger partial charge in [0.05, 0.1) is 23.9 Å². The van der Waals surface area contributed by atoms with Crippen molar-refractivity contribution in [3.63, 3.8) is 0 Å². The van der Waals surface area contributed by atoms with Crippen molar-refractivity contribution in [1.82, 2.24) is 19.8 Å². The molecule has 1 saturated carbocycles. The Balaban J connectivity index is 1.38. The largest absolute Gasteiger partial charge is 0.455 e. The molecule has 1 aromatic carbocycles. The van der Waals surface area contributed by atoms with Crippen LogP contribution in [0.4, 0.5) is 10.5 Å². The summed E-state index contributed by atoms with van der Waals surface area (Å²) in [5.41, 5.74) is 3.60. The number of aromatic nitrogens is 2. The van der Waals surface area contributed by atoms with Gasteiger partial charge in [-0.3, -0.25) is 4.79 Å². The molecule has 1 saturated heterocycles. The molecule has 2 aliphatic rings. The molecule has 0 unspecified atom stereocenters. The van der Waals surface area contributed by atoms with Gasteiger partial charge in [-0.2, -0.15) is 5.10 Å². The van der Waals surface area contributed by atoms with Crippen LogP contribution in [0.2, 0.25) is 0 Å². The number of fused-ring (bicyclic) bond motifs is 1. The number of ether oxygens (including phenoxy) is 1. The van der Waals surface area contributed by atoms with E-state index in [0.29, 0.717) is 35.2 Å². The number of aliphatic hydroxyl groups excluding tert-OH is 1. The maximum atomic E-state index is 13.0. The number of anilines is 1. The van der Waals surface area contributed by atoms with E-state index in [1.54, 1.807) is 33.9 Å². The summed E-state index contributed by atoms with van der Waals surface area (Å²) in [6, 6.07) is 7.11.